The normalized spacial score (nSPS) is 24.0. The van der Waals surface area contributed by atoms with Crippen LogP contribution < -0.4 is 10.2 Å². The lowest BCUT2D eigenvalue weighted by molar-refractivity contribution is -0.142. The highest BCUT2D eigenvalue weighted by atomic mass is 16.4. The average molecular weight is 373 g/mol. The number of rotatable bonds is 5. The second-order valence-electron chi connectivity index (χ2n) is 8.02. The van der Waals surface area contributed by atoms with Crippen LogP contribution in [0.4, 0.5) is 5.69 Å². The lowest BCUT2D eigenvalue weighted by Gasteiger charge is -2.38. The van der Waals surface area contributed by atoms with E-state index in [4.69, 9.17) is 5.11 Å². The second kappa shape index (κ2) is 8.74. The third-order valence-electron chi connectivity index (χ3n) is 5.95. The molecule has 1 aromatic rings. The van der Waals surface area contributed by atoms with Crippen LogP contribution in [0.3, 0.4) is 0 Å². The number of benzene rings is 1. The largest absolute Gasteiger partial charge is 0.481 e. The van der Waals surface area contributed by atoms with Gasteiger partial charge in [0.1, 0.15) is 0 Å². The van der Waals surface area contributed by atoms with Gasteiger partial charge in [0, 0.05) is 49.5 Å². The molecule has 0 aromatic heterocycles. The van der Waals surface area contributed by atoms with E-state index in [1.807, 2.05) is 24.3 Å². The Morgan fingerprint density at radius 2 is 1.59 bits per heavy atom. The van der Waals surface area contributed by atoms with Crippen molar-refractivity contribution in [1.29, 1.82) is 0 Å². The Bertz CT molecular complexity index is 643. The fraction of sp³-hybridized carbons (Fsp3) is 0.619. The van der Waals surface area contributed by atoms with Crippen LogP contribution in [0.15, 0.2) is 24.3 Å². The Labute approximate surface area is 161 Å². The Morgan fingerprint density at radius 3 is 2.11 bits per heavy atom. The molecule has 0 atom stereocenters. The van der Waals surface area contributed by atoms with Crippen molar-refractivity contribution < 1.29 is 14.7 Å². The summed E-state index contributed by atoms with van der Waals surface area (Å²) in [6.45, 7) is 8.62. The minimum atomic E-state index is -0.718. The van der Waals surface area contributed by atoms with Gasteiger partial charge in [0.05, 0.1) is 5.92 Å². The van der Waals surface area contributed by atoms with Crippen LogP contribution in [0.5, 0.6) is 0 Å². The molecule has 1 aromatic carbocycles. The van der Waals surface area contributed by atoms with Gasteiger partial charge in [-0.1, -0.05) is 0 Å². The molecule has 0 radical (unpaired) electrons. The van der Waals surface area contributed by atoms with Crippen molar-refractivity contribution in [3.05, 3.63) is 29.8 Å². The zero-order valence-electron chi connectivity index (χ0n) is 16.4. The van der Waals surface area contributed by atoms with Crippen LogP contribution in [0, 0.1) is 5.92 Å². The molecule has 6 heteroatoms. The van der Waals surface area contributed by atoms with Gasteiger partial charge in [-0.05, 0) is 63.8 Å². The van der Waals surface area contributed by atoms with Gasteiger partial charge in [0.2, 0.25) is 0 Å². The minimum Gasteiger partial charge on any atom is -0.481 e. The number of nitrogens with zero attached hydrogens (tertiary/aromatic N) is 2. The molecule has 2 N–H and O–H groups in total. The van der Waals surface area contributed by atoms with Gasteiger partial charge in [0.15, 0.2) is 0 Å². The summed E-state index contributed by atoms with van der Waals surface area (Å²) < 4.78 is 0. The van der Waals surface area contributed by atoms with Crippen molar-refractivity contribution in [2.45, 2.75) is 51.6 Å². The quantitative estimate of drug-likeness (QED) is 0.830. The molecule has 0 unspecified atom stereocenters. The van der Waals surface area contributed by atoms with E-state index in [0.717, 1.165) is 44.7 Å². The Hall–Kier alpha value is -2.08. The number of hydrogen-bond donors (Lipinski definition) is 2. The molecule has 148 valence electrons. The van der Waals surface area contributed by atoms with Gasteiger partial charge in [0.25, 0.3) is 5.91 Å². The number of carboxylic acids is 1. The van der Waals surface area contributed by atoms with Gasteiger partial charge in [-0.2, -0.15) is 0 Å². The molecular weight excluding hydrogens is 342 g/mol. The van der Waals surface area contributed by atoms with E-state index in [1.165, 1.54) is 0 Å². The van der Waals surface area contributed by atoms with E-state index in [-0.39, 0.29) is 17.9 Å². The molecule has 1 saturated carbocycles. The first-order valence-corrected chi connectivity index (χ1v) is 10.1. The van der Waals surface area contributed by atoms with Crippen LogP contribution in [0.1, 0.15) is 49.9 Å². The summed E-state index contributed by atoms with van der Waals surface area (Å²) >= 11 is 0. The summed E-state index contributed by atoms with van der Waals surface area (Å²) in [7, 11) is 0. The molecule has 1 saturated heterocycles. The van der Waals surface area contributed by atoms with Crippen LogP contribution in [-0.2, 0) is 4.79 Å². The van der Waals surface area contributed by atoms with Gasteiger partial charge in [-0.15, -0.1) is 0 Å². The van der Waals surface area contributed by atoms with E-state index in [2.05, 4.69) is 29.0 Å². The number of carbonyl (C=O) groups excluding carboxylic acids is 1. The molecule has 0 bridgehead atoms. The first kappa shape index (κ1) is 19.7. The maximum absolute atomic E-state index is 12.5. The van der Waals surface area contributed by atoms with Crippen molar-refractivity contribution in [3.8, 4) is 0 Å². The van der Waals surface area contributed by atoms with Crippen LogP contribution in [-0.4, -0.2) is 60.1 Å². The molecule has 3 rings (SSSR count). The lowest BCUT2D eigenvalue weighted by atomic mass is 9.86. The smallest absolute Gasteiger partial charge is 0.306 e. The van der Waals surface area contributed by atoms with E-state index in [1.54, 1.807) is 0 Å². The number of anilines is 1. The molecule has 1 heterocycles. The topological polar surface area (TPSA) is 72.9 Å². The van der Waals surface area contributed by atoms with Crippen molar-refractivity contribution in [2.75, 3.05) is 31.1 Å². The standard InChI is InChI=1S/C21H31N3O3/c1-15(2)23-11-13-24(14-12-23)19-9-5-16(6-10-19)20(25)22-18-7-3-17(4-8-18)21(26)27/h5-6,9-10,15,17-18H,3-4,7-8,11-14H2,1-2H3,(H,22,25)(H,26,27). The molecule has 2 fully saturated rings. The van der Waals surface area contributed by atoms with Crippen LogP contribution in [0.25, 0.3) is 0 Å². The zero-order chi connectivity index (χ0) is 19.4. The van der Waals surface area contributed by atoms with Gasteiger partial charge >= 0.3 is 5.97 Å². The van der Waals surface area contributed by atoms with Crippen molar-refractivity contribution >= 4 is 17.6 Å². The Balaban J connectivity index is 1.50. The molecule has 1 aliphatic heterocycles. The summed E-state index contributed by atoms with van der Waals surface area (Å²) in [5, 5.41) is 12.1. The van der Waals surface area contributed by atoms with Crippen molar-refractivity contribution in [3.63, 3.8) is 0 Å². The summed E-state index contributed by atoms with van der Waals surface area (Å²) in [5.74, 6) is -1.04. The van der Waals surface area contributed by atoms with E-state index < -0.39 is 5.97 Å². The number of piperazine rings is 1. The maximum atomic E-state index is 12.5. The molecule has 27 heavy (non-hydrogen) atoms. The summed E-state index contributed by atoms with van der Waals surface area (Å²) in [5.41, 5.74) is 1.83. The highest BCUT2D eigenvalue weighted by Gasteiger charge is 2.27. The van der Waals surface area contributed by atoms with Gasteiger partial charge in [-0.25, -0.2) is 0 Å². The first-order chi connectivity index (χ1) is 12.9. The number of amides is 1. The van der Waals surface area contributed by atoms with Crippen molar-refractivity contribution in [1.82, 2.24) is 10.2 Å². The molecule has 0 spiro atoms. The predicted octanol–water partition coefficient (Wildman–Crippen LogP) is 2.59. The average Bonchev–Trinajstić information content (AvgIpc) is 2.68. The Morgan fingerprint density at radius 1 is 1.00 bits per heavy atom. The number of nitrogens with one attached hydrogen (secondary N) is 1. The fourth-order valence-corrected chi connectivity index (χ4v) is 4.07. The van der Waals surface area contributed by atoms with Crippen molar-refractivity contribution in [2.24, 2.45) is 5.92 Å². The lowest BCUT2D eigenvalue weighted by Crippen LogP contribution is -2.48. The number of aliphatic carboxylic acids is 1. The molecule has 1 aliphatic carbocycles. The number of hydrogen-bond acceptors (Lipinski definition) is 4. The zero-order valence-corrected chi connectivity index (χ0v) is 16.4. The molecule has 6 nitrogen and oxygen atoms in total. The number of carboxylic acid groups (broad SMARTS) is 1. The summed E-state index contributed by atoms with van der Waals surface area (Å²) in [6, 6.07) is 8.51. The highest BCUT2D eigenvalue weighted by Crippen LogP contribution is 2.25. The predicted molar refractivity (Wildman–Crippen MR) is 106 cm³/mol. The van der Waals surface area contributed by atoms with E-state index in [0.29, 0.717) is 24.4 Å². The molecule has 1 amide bonds. The van der Waals surface area contributed by atoms with Crippen LogP contribution >= 0.6 is 0 Å². The molecular formula is C21H31N3O3. The SMILES string of the molecule is CC(C)N1CCN(c2ccc(C(=O)NC3CCC(C(=O)O)CC3)cc2)CC1. The van der Waals surface area contributed by atoms with E-state index in [9.17, 15) is 9.59 Å². The third-order valence-corrected chi connectivity index (χ3v) is 5.95. The summed E-state index contributed by atoms with van der Waals surface area (Å²) in [4.78, 5) is 28.4. The number of carbonyl (C=O) groups is 2. The first-order valence-electron chi connectivity index (χ1n) is 10.1. The second-order valence-corrected chi connectivity index (χ2v) is 8.02. The highest BCUT2D eigenvalue weighted by molar-refractivity contribution is 5.94. The molecule has 2 aliphatic rings. The monoisotopic (exact) mass is 373 g/mol. The summed E-state index contributed by atoms with van der Waals surface area (Å²) in [6.07, 6.45) is 2.75. The van der Waals surface area contributed by atoms with Gasteiger partial charge < -0.3 is 15.3 Å². The third kappa shape index (κ3) is 5.01. The fourth-order valence-electron chi connectivity index (χ4n) is 4.07. The Kier molecular flexibility index (Phi) is 6.37. The minimum absolute atomic E-state index is 0.0649. The maximum Gasteiger partial charge on any atom is 0.306 e. The van der Waals surface area contributed by atoms with E-state index >= 15 is 0 Å². The van der Waals surface area contributed by atoms with Crippen LogP contribution in [0.2, 0.25) is 0 Å². The van der Waals surface area contributed by atoms with Gasteiger partial charge in [-0.3, -0.25) is 14.5 Å².